The molecular formula is C21H26N4O6. The van der Waals surface area contributed by atoms with Crippen molar-refractivity contribution in [3.05, 3.63) is 66.0 Å². The summed E-state index contributed by atoms with van der Waals surface area (Å²) in [7, 11) is 0. The number of ether oxygens (including phenoxy) is 2. The second kappa shape index (κ2) is 10.9. The van der Waals surface area contributed by atoms with Crippen LogP contribution in [0.3, 0.4) is 0 Å². The van der Waals surface area contributed by atoms with Gasteiger partial charge in [0.1, 0.15) is 18.2 Å². The molecule has 0 saturated heterocycles. The summed E-state index contributed by atoms with van der Waals surface area (Å²) in [6, 6.07) is 9.65. The second-order valence-electron chi connectivity index (χ2n) is 7.56. The zero-order valence-corrected chi connectivity index (χ0v) is 17.5. The van der Waals surface area contributed by atoms with Crippen molar-refractivity contribution >= 4 is 18.2 Å². The number of carbonyl (C=O) groups is 3. The Morgan fingerprint density at radius 3 is 2.35 bits per heavy atom. The van der Waals surface area contributed by atoms with Crippen LogP contribution >= 0.6 is 0 Å². The molecule has 166 valence electrons. The lowest BCUT2D eigenvalue weighted by atomic mass is 10.0. The van der Waals surface area contributed by atoms with Crippen LogP contribution in [0.15, 0.2) is 54.9 Å². The fourth-order valence-corrected chi connectivity index (χ4v) is 2.54. The molecule has 0 bridgehead atoms. The number of alkyl carbamates (subject to hydrolysis) is 1. The molecule has 10 nitrogen and oxygen atoms in total. The highest BCUT2D eigenvalue weighted by molar-refractivity contribution is 5.77. The first-order chi connectivity index (χ1) is 14.7. The van der Waals surface area contributed by atoms with Crippen LogP contribution in [0.2, 0.25) is 0 Å². The summed E-state index contributed by atoms with van der Waals surface area (Å²) >= 11 is 0. The maximum Gasteiger partial charge on any atom is 0.421 e. The molecule has 2 amide bonds. The summed E-state index contributed by atoms with van der Waals surface area (Å²) in [5.41, 5.74) is 4.99. The third-order valence-electron chi connectivity index (χ3n) is 3.86. The first-order valence-corrected chi connectivity index (χ1v) is 9.50. The molecule has 1 aromatic heterocycles. The molecule has 2 aromatic rings. The molecule has 0 aliphatic carbocycles. The van der Waals surface area contributed by atoms with E-state index >= 15 is 0 Å². The molecule has 0 unspecified atom stereocenters. The maximum absolute atomic E-state index is 12.3. The van der Waals surface area contributed by atoms with Crippen LogP contribution in [0.4, 0.5) is 9.59 Å². The average Bonchev–Trinajstić information content (AvgIpc) is 2.71. The Hall–Kier alpha value is -3.66. The molecule has 0 fully saturated rings. The number of pyridine rings is 1. The third kappa shape index (κ3) is 8.31. The van der Waals surface area contributed by atoms with Crippen LogP contribution in [-0.2, 0) is 20.9 Å². The predicted molar refractivity (Wildman–Crippen MR) is 111 cm³/mol. The van der Waals surface area contributed by atoms with Crippen molar-refractivity contribution in [3.8, 4) is 0 Å². The highest BCUT2D eigenvalue weighted by Gasteiger charge is 2.33. The van der Waals surface area contributed by atoms with Crippen LogP contribution in [0.1, 0.15) is 37.9 Å². The van der Waals surface area contributed by atoms with Crippen LogP contribution in [0.25, 0.3) is 0 Å². The molecule has 1 aromatic carbocycles. The number of benzene rings is 1. The highest BCUT2D eigenvalue weighted by atomic mass is 16.6. The SMILES string of the molecule is CC(C)(C)OC(=O)N[C@H](c1cccnc1)[C@H](NNC(=O)OCc1ccccc1)C(=O)O. The quantitative estimate of drug-likeness (QED) is 0.469. The fraction of sp³-hybridized carbons (Fsp3) is 0.333. The van der Waals surface area contributed by atoms with Crippen molar-refractivity contribution in [1.29, 1.82) is 0 Å². The number of rotatable bonds is 8. The molecule has 0 saturated carbocycles. The van der Waals surface area contributed by atoms with E-state index in [4.69, 9.17) is 9.47 Å². The minimum absolute atomic E-state index is 0.00822. The van der Waals surface area contributed by atoms with Gasteiger partial charge >= 0.3 is 18.2 Å². The number of carboxylic acid groups (broad SMARTS) is 1. The van der Waals surface area contributed by atoms with Gasteiger partial charge in [0.15, 0.2) is 0 Å². The minimum Gasteiger partial charge on any atom is -0.480 e. The summed E-state index contributed by atoms with van der Waals surface area (Å²) in [5, 5.41) is 12.2. The van der Waals surface area contributed by atoms with E-state index in [9.17, 15) is 19.5 Å². The van der Waals surface area contributed by atoms with Crippen molar-refractivity contribution in [2.24, 2.45) is 0 Å². The van der Waals surface area contributed by atoms with E-state index in [2.05, 4.69) is 21.2 Å². The number of carboxylic acids is 1. The molecule has 4 N–H and O–H groups in total. The number of hydrogen-bond acceptors (Lipinski definition) is 7. The Kier molecular flexibility index (Phi) is 8.33. The zero-order chi connectivity index (χ0) is 22.9. The number of hydrogen-bond donors (Lipinski definition) is 4. The minimum atomic E-state index is -1.44. The number of aromatic nitrogens is 1. The number of amides is 2. The molecule has 0 radical (unpaired) electrons. The Morgan fingerprint density at radius 2 is 1.77 bits per heavy atom. The van der Waals surface area contributed by atoms with Crippen molar-refractivity contribution in [3.63, 3.8) is 0 Å². The molecule has 10 heteroatoms. The lowest BCUT2D eigenvalue weighted by molar-refractivity contribution is -0.140. The average molecular weight is 430 g/mol. The lowest BCUT2D eigenvalue weighted by Gasteiger charge is -2.28. The largest absolute Gasteiger partial charge is 0.480 e. The zero-order valence-electron chi connectivity index (χ0n) is 17.5. The second-order valence-corrected chi connectivity index (χ2v) is 7.56. The molecule has 2 rings (SSSR count). The number of aliphatic carboxylic acids is 1. The van der Waals surface area contributed by atoms with Gasteiger partial charge in [0.05, 0.1) is 6.04 Å². The summed E-state index contributed by atoms with van der Waals surface area (Å²) in [6.45, 7) is 5.06. The van der Waals surface area contributed by atoms with Gasteiger partial charge in [0.25, 0.3) is 0 Å². The number of nitrogens with one attached hydrogen (secondary N) is 3. The molecule has 1 heterocycles. The third-order valence-corrected chi connectivity index (χ3v) is 3.86. The van der Waals surface area contributed by atoms with Crippen LogP contribution < -0.4 is 16.2 Å². The Balaban J connectivity index is 2.07. The highest BCUT2D eigenvalue weighted by Crippen LogP contribution is 2.18. The van der Waals surface area contributed by atoms with Gasteiger partial charge in [0.2, 0.25) is 0 Å². The topological polar surface area (TPSA) is 139 Å². The van der Waals surface area contributed by atoms with Crippen molar-refractivity contribution in [2.45, 2.75) is 45.1 Å². The van der Waals surface area contributed by atoms with E-state index in [0.717, 1.165) is 5.56 Å². The van der Waals surface area contributed by atoms with E-state index in [1.807, 2.05) is 6.07 Å². The number of carbonyl (C=O) groups excluding carboxylic acids is 2. The molecule has 0 aliphatic rings. The Morgan fingerprint density at radius 1 is 1.06 bits per heavy atom. The van der Waals surface area contributed by atoms with Crippen molar-refractivity contribution in [1.82, 2.24) is 21.2 Å². The predicted octanol–water partition coefficient (Wildman–Crippen LogP) is 2.53. The van der Waals surface area contributed by atoms with Crippen molar-refractivity contribution in [2.75, 3.05) is 0 Å². The van der Waals surface area contributed by atoms with Gasteiger partial charge in [-0.2, -0.15) is 0 Å². The van der Waals surface area contributed by atoms with Crippen molar-refractivity contribution < 1.29 is 29.0 Å². The van der Waals surface area contributed by atoms with Gasteiger partial charge in [0, 0.05) is 12.4 Å². The summed E-state index contributed by atoms with van der Waals surface area (Å²) in [6.07, 6.45) is 1.22. The lowest BCUT2D eigenvalue weighted by Crippen LogP contribution is -2.55. The number of hydrazine groups is 1. The van der Waals surface area contributed by atoms with Crippen LogP contribution in [0.5, 0.6) is 0 Å². The molecule has 31 heavy (non-hydrogen) atoms. The van der Waals surface area contributed by atoms with E-state index in [-0.39, 0.29) is 6.61 Å². The smallest absolute Gasteiger partial charge is 0.421 e. The van der Waals surface area contributed by atoms with Gasteiger partial charge in [-0.05, 0) is 38.0 Å². The summed E-state index contributed by atoms with van der Waals surface area (Å²) < 4.78 is 10.3. The first-order valence-electron chi connectivity index (χ1n) is 9.50. The molecular weight excluding hydrogens is 404 g/mol. The van der Waals surface area contributed by atoms with E-state index in [0.29, 0.717) is 5.56 Å². The maximum atomic E-state index is 12.3. The van der Waals surface area contributed by atoms with Gasteiger partial charge in [-0.1, -0.05) is 36.4 Å². The van der Waals surface area contributed by atoms with E-state index < -0.39 is 35.8 Å². The standard InChI is InChI=1S/C21H26N4O6/c1-21(2,3)31-19(28)23-16(15-10-7-11-22-12-15)17(18(26)27)24-25-20(29)30-13-14-8-5-4-6-9-14/h4-12,16-17,24H,13H2,1-3H3,(H,23,28)(H,25,29)(H,26,27)/t16-,17+/m1/s1. The molecule has 0 spiro atoms. The van der Waals surface area contributed by atoms with Crippen LogP contribution in [-0.4, -0.2) is 39.9 Å². The monoisotopic (exact) mass is 430 g/mol. The first kappa shape index (κ1) is 23.6. The normalized spacial score (nSPS) is 12.9. The van der Waals surface area contributed by atoms with Gasteiger partial charge in [-0.3, -0.25) is 15.2 Å². The number of nitrogens with zero attached hydrogens (tertiary/aromatic N) is 1. The van der Waals surface area contributed by atoms with Gasteiger partial charge < -0.3 is 19.9 Å². The summed E-state index contributed by atoms with van der Waals surface area (Å²) in [4.78, 5) is 40.1. The Bertz CT molecular complexity index is 870. The van der Waals surface area contributed by atoms with Crippen LogP contribution in [0, 0.1) is 0 Å². The fourth-order valence-electron chi connectivity index (χ4n) is 2.54. The Labute approximate surface area is 179 Å². The molecule has 0 aliphatic heterocycles. The summed E-state index contributed by atoms with van der Waals surface area (Å²) in [5.74, 6) is -1.33. The van der Waals surface area contributed by atoms with Gasteiger partial charge in [-0.25, -0.2) is 15.0 Å². The van der Waals surface area contributed by atoms with E-state index in [1.165, 1.54) is 12.4 Å². The van der Waals surface area contributed by atoms with E-state index in [1.54, 1.807) is 57.2 Å². The van der Waals surface area contributed by atoms with Gasteiger partial charge in [-0.15, -0.1) is 0 Å². The molecule has 2 atom stereocenters.